The molecule has 3 rings (SSSR count). The van der Waals surface area contributed by atoms with Crippen LogP contribution >= 0.6 is 15.9 Å². The van der Waals surface area contributed by atoms with Crippen molar-refractivity contribution in [3.63, 3.8) is 0 Å². The Kier molecular flexibility index (Phi) is 3.23. The Labute approximate surface area is 122 Å². The van der Waals surface area contributed by atoms with Gasteiger partial charge in [0.05, 0.1) is 11.0 Å². The lowest BCUT2D eigenvalue weighted by atomic mass is 10.1. The first kappa shape index (κ1) is 12.8. The van der Waals surface area contributed by atoms with Crippen LogP contribution in [0.25, 0.3) is 22.6 Å². The van der Waals surface area contributed by atoms with Crippen LogP contribution in [0, 0.1) is 10.1 Å². The van der Waals surface area contributed by atoms with Crippen LogP contribution in [0.15, 0.2) is 46.9 Å². The Morgan fingerprint density at radius 1 is 1.20 bits per heavy atom. The number of hydrogen-bond acceptors (Lipinski definition) is 4. The summed E-state index contributed by atoms with van der Waals surface area (Å²) in [6, 6.07) is 12.2. The molecule has 0 saturated carbocycles. The van der Waals surface area contributed by atoms with Gasteiger partial charge >= 0.3 is 0 Å². The van der Waals surface area contributed by atoms with Gasteiger partial charge in [0, 0.05) is 17.0 Å². The van der Waals surface area contributed by atoms with Gasteiger partial charge in [-0.2, -0.15) is 0 Å². The van der Waals surface area contributed by atoms with Crippen LogP contribution in [0.4, 0.5) is 5.69 Å². The average molecular weight is 333 g/mol. The van der Waals surface area contributed by atoms with Gasteiger partial charge in [-0.1, -0.05) is 28.1 Å². The third-order valence-electron chi connectivity index (χ3n) is 2.94. The Hall–Kier alpha value is -2.21. The number of rotatable bonds is 3. The summed E-state index contributed by atoms with van der Waals surface area (Å²) >= 11 is 3.39. The molecule has 0 saturated heterocycles. The number of nitrogens with zero attached hydrogens (tertiary/aromatic N) is 2. The fraction of sp³-hybridized carbons (Fsp3) is 0.0714. The normalized spacial score (nSPS) is 10.8. The molecule has 6 heteroatoms. The quantitative estimate of drug-likeness (QED) is 0.407. The fourth-order valence-corrected chi connectivity index (χ4v) is 2.26. The van der Waals surface area contributed by atoms with Gasteiger partial charge in [-0.3, -0.25) is 10.1 Å². The van der Waals surface area contributed by atoms with Crippen molar-refractivity contribution in [3.8, 4) is 11.5 Å². The zero-order chi connectivity index (χ0) is 14.1. The maximum Gasteiger partial charge on any atom is 0.273 e. The lowest BCUT2D eigenvalue weighted by molar-refractivity contribution is -0.384. The number of fused-ring (bicyclic) bond motifs is 1. The van der Waals surface area contributed by atoms with Gasteiger partial charge in [-0.05, 0) is 23.8 Å². The van der Waals surface area contributed by atoms with E-state index in [4.69, 9.17) is 4.42 Å². The number of nitro benzene ring substituents is 1. The summed E-state index contributed by atoms with van der Waals surface area (Å²) in [5.41, 5.74) is 3.01. The predicted octanol–water partition coefficient (Wildman–Crippen LogP) is 4.30. The molecule has 0 amide bonds. The number of hydrogen-bond donors (Lipinski definition) is 0. The molecule has 2 aromatic carbocycles. The van der Waals surface area contributed by atoms with E-state index in [1.165, 1.54) is 12.1 Å². The van der Waals surface area contributed by atoms with Crippen molar-refractivity contribution in [2.75, 3.05) is 0 Å². The molecular formula is C14H9BrN2O3. The second-order valence-electron chi connectivity index (χ2n) is 4.26. The number of benzene rings is 2. The van der Waals surface area contributed by atoms with E-state index in [-0.39, 0.29) is 5.69 Å². The number of halogens is 1. The highest BCUT2D eigenvalue weighted by Gasteiger charge is 2.12. The Morgan fingerprint density at radius 2 is 1.95 bits per heavy atom. The minimum atomic E-state index is -0.452. The molecule has 0 unspecified atom stereocenters. The predicted molar refractivity (Wildman–Crippen MR) is 78.7 cm³/mol. The maximum atomic E-state index is 10.7. The molecule has 3 aromatic rings. The van der Waals surface area contributed by atoms with Crippen molar-refractivity contribution in [1.29, 1.82) is 0 Å². The van der Waals surface area contributed by atoms with Crippen LogP contribution in [0.2, 0.25) is 0 Å². The van der Waals surface area contributed by atoms with Crippen LogP contribution in [0.3, 0.4) is 0 Å². The minimum absolute atomic E-state index is 0.00478. The van der Waals surface area contributed by atoms with E-state index < -0.39 is 4.92 Å². The summed E-state index contributed by atoms with van der Waals surface area (Å²) < 4.78 is 5.59. The molecular weight excluding hydrogens is 324 g/mol. The molecule has 1 heterocycles. The number of alkyl halides is 1. The molecule has 0 aliphatic rings. The minimum Gasteiger partial charge on any atom is -0.436 e. The summed E-state index contributed by atoms with van der Waals surface area (Å²) in [6.45, 7) is 0. The lowest BCUT2D eigenvalue weighted by Crippen LogP contribution is -1.86. The second-order valence-corrected chi connectivity index (χ2v) is 4.82. The summed E-state index contributed by atoms with van der Waals surface area (Å²) in [5.74, 6) is 0.460. The molecule has 100 valence electrons. The Balaban J connectivity index is 2.05. The highest BCUT2D eigenvalue weighted by atomic mass is 79.9. The summed E-state index contributed by atoms with van der Waals surface area (Å²) in [6.07, 6.45) is 0. The van der Waals surface area contributed by atoms with Gasteiger partial charge in [-0.25, -0.2) is 4.98 Å². The zero-order valence-electron chi connectivity index (χ0n) is 10.2. The van der Waals surface area contributed by atoms with E-state index in [0.717, 1.165) is 16.5 Å². The molecule has 5 nitrogen and oxygen atoms in total. The van der Waals surface area contributed by atoms with Crippen LogP contribution in [0.1, 0.15) is 5.56 Å². The monoisotopic (exact) mass is 332 g/mol. The third-order valence-corrected chi connectivity index (χ3v) is 3.59. The van der Waals surface area contributed by atoms with Gasteiger partial charge in [0.2, 0.25) is 5.89 Å². The van der Waals surface area contributed by atoms with Crippen LogP contribution in [0.5, 0.6) is 0 Å². The van der Waals surface area contributed by atoms with E-state index in [0.29, 0.717) is 17.0 Å². The van der Waals surface area contributed by atoms with Crippen molar-refractivity contribution in [1.82, 2.24) is 4.98 Å². The molecule has 0 aliphatic heterocycles. The Bertz CT molecular complexity index is 781. The SMILES string of the molecule is O=[N+]([O-])c1ccc2nc(-c3ccc(CBr)cc3)oc2c1. The van der Waals surface area contributed by atoms with Gasteiger partial charge < -0.3 is 4.42 Å². The van der Waals surface area contributed by atoms with Crippen molar-refractivity contribution in [2.24, 2.45) is 0 Å². The van der Waals surface area contributed by atoms with Gasteiger partial charge in [0.1, 0.15) is 5.52 Å². The molecule has 0 radical (unpaired) electrons. The van der Waals surface area contributed by atoms with Crippen molar-refractivity contribution >= 4 is 32.7 Å². The molecule has 0 atom stereocenters. The maximum absolute atomic E-state index is 10.7. The molecule has 1 aromatic heterocycles. The zero-order valence-corrected chi connectivity index (χ0v) is 11.8. The van der Waals surface area contributed by atoms with Crippen molar-refractivity contribution in [2.45, 2.75) is 5.33 Å². The van der Waals surface area contributed by atoms with Crippen molar-refractivity contribution < 1.29 is 9.34 Å². The van der Waals surface area contributed by atoms with Gasteiger partial charge in [0.25, 0.3) is 5.69 Å². The van der Waals surface area contributed by atoms with E-state index in [2.05, 4.69) is 20.9 Å². The topological polar surface area (TPSA) is 69.2 Å². The highest BCUT2D eigenvalue weighted by molar-refractivity contribution is 9.08. The van der Waals surface area contributed by atoms with E-state index in [1.807, 2.05) is 24.3 Å². The standard InChI is InChI=1S/C14H9BrN2O3/c15-8-9-1-3-10(4-2-9)14-16-12-6-5-11(17(18)19)7-13(12)20-14/h1-7H,8H2. The van der Waals surface area contributed by atoms with Crippen LogP contribution in [-0.4, -0.2) is 9.91 Å². The van der Waals surface area contributed by atoms with Gasteiger partial charge in [-0.15, -0.1) is 0 Å². The number of oxazole rings is 1. The number of nitro groups is 1. The highest BCUT2D eigenvalue weighted by Crippen LogP contribution is 2.27. The number of non-ortho nitro benzene ring substituents is 1. The molecule has 0 aliphatic carbocycles. The third kappa shape index (κ3) is 2.30. The molecule has 0 bridgehead atoms. The summed E-state index contributed by atoms with van der Waals surface area (Å²) in [5, 5.41) is 11.5. The lowest BCUT2D eigenvalue weighted by Gasteiger charge is -1.97. The van der Waals surface area contributed by atoms with Gasteiger partial charge in [0.15, 0.2) is 5.58 Å². The molecule has 20 heavy (non-hydrogen) atoms. The Morgan fingerprint density at radius 3 is 2.60 bits per heavy atom. The summed E-state index contributed by atoms with van der Waals surface area (Å²) in [7, 11) is 0. The summed E-state index contributed by atoms with van der Waals surface area (Å²) in [4.78, 5) is 14.6. The van der Waals surface area contributed by atoms with Crippen LogP contribution < -0.4 is 0 Å². The average Bonchev–Trinajstić information content (AvgIpc) is 2.90. The van der Waals surface area contributed by atoms with E-state index >= 15 is 0 Å². The first-order valence-corrected chi connectivity index (χ1v) is 7.00. The van der Waals surface area contributed by atoms with E-state index in [1.54, 1.807) is 6.07 Å². The largest absolute Gasteiger partial charge is 0.436 e. The molecule has 0 N–H and O–H groups in total. The first-order chi connectivity index (χ1) is 9.67. The fourth-order valence-electron chi connectivity index (χ4n) is 1.89. The molecule has 0 fully saturated rings. The van der Waals surface area contributed by atoms with E-state index in [9.17, 15) is 10.1 Å². The molecule has 0 spiro atoms. The van der Waals surface area contributed by atoms with Crippen LogP contribution in [-0.2, 0) is 5.33 Å². The first-order valence-electron chi connectivity index (χ1n) is 5.87. The second kappa shape index (κ2) is 5.05. The smallest absolute Gasteiger partial charge is 0.273 e. The number of aromatic nitrogens is 1. The van der Waals surface area contributed by atoms with Crippen molar-refractivity contribution in [3.05, 3.63) is 58.1 Å².